The van der Waals surface area contributed by atoms with E-state index in [1.54, 1.807) is 11.3 Å². The van der Waals surface area contributed by atoms with Gasteiger partial charge in [0.2, 0.25) is 0 Å². The van der Waals surface area contributed by atoms with Gasteiger partial charge < -0.3 is 0 Å². The van der Waals surface area contributed by atoms with Crippen molar-refractivity contribution in [2.75, 3.05) is 0 Å². The quantitative estimate of drug-likeness (QED) is 0.562. The summed E-state index contributed by atoms with van der Waals surface area (Å²) < 4.78 is 0. The molecular formula is C11H20N2S. The van der Waals surface area contributed by atoms with E-state index >= 15 is 0 Å². The zero-order valence-electron chi connectivity index (χ0n) is 8.99. The summed E-state index contributed by atoms with van der Waals surface area (Å²) in [5.74, 6) is 6.22. The van der Waals surface area contributed by atoms with Crippen LogP contribution in [0.4, 0.5) is 0 Å². The molecule has 2 nitrogen and oxygen atoms in total. The van der Waals surface area contributed by atoms with Crippen LogP contribution in [0.1, 0.15) is 32.3 Å². The third-order valence-electron chi connectivity index (χ3n) is 2.35. The van der Waals surface area contributed by atoms with E-state index in [2.05, 4.69) is 36.1 Å². The van der Waals surface area contributed by atoms with Gasteiger partial charge in [-0.15, -0.1) is 0 Å². The molecule has 0 aliphatic rings. The largest absolute Gasteiger partial charge is 0.271 e. The lowest BCUT2D eigenvalue weighted by Crippen LogP contribution is -2.36. The molecule has 1 aromatic rings. The lowest BCUT2D eigenvalue weighted by Gasteiger charge is -2.17. The molecule has 0 saturated heterocycles. The molecule has 0 saturated carbocycles. The van der Waals surface area contributed by atoms with Gasteiger partial charge in [-0.2, -0.15) is 11.3 Å². The number of thiophene rings is 1. The van der Waals surface area contributed by atoms with Crippen molar-refractivity contribution in [3.63, 3.8) is 0 Å². The number of hydrazine groups is 1. The van der Waals surface area contributed by atoms with Crippen molar-refractivity contribution < 1.29 is 0 Å². The Hall–Kier alpha value is -0.380. The second-order valence-corrected chi connectivity index (χ2v) is 4.94. The number of nitrogens with one attached hydrogen (secondary N) is 1. The Kier molecular flexibility index (Phi) is 5.15. The second-order valence-electron chi connectivity index (χ2n) is 4.16. The first-order valence-corrected chi connectivity index (χ1v) is 6.14. The standard InChI is InChI=1S/C11H20N2S/c1-9(2)7-11(13-12)4-3-10-5-6-14-8-10/h5-6,8-9,11,13H,3-4,7,12H2,1-2H3. The van der Waals surface area contributed by atoms with Crippen LogP contribution in [-0.2, 0) is 6.42 Å². The van der Waals surface area contributed by atoms with E-state index in [1.165, 1.54) is 5.56 Å². The summed E-state index contributed by atoms with van der Waals surface area (Å²) in [6, 6.07) is 2.64. The van der Waals surface area contributed by atoms with E-state index < -0.39 is 0 Å². The summed E-state index contributed by atoms with van der Waals surface area (Å²) in [6.45, 7) is 4.46. The molecule has 14 heavy (non-hydrogen) atoms. The van der Waals surface area contributed by atoms with Crippen molar-refractivity contribution in [1.29, 1.82) is 0 Å². The van der Waals surface area contributed by atoms with Gasteiger partial charge in [0.1, 0.15) is 0 Å². The zero-order valence-corrected chi connectivity index (χ0v) is 9.81. The Balaban J connectivity index is 2.27. The molecule has 1 rings (SSSR count). The molecule has 3 heteroatoms. The molecule has 0 bridgehead atoms. The predicted molar refractivity (Wildman–Crippen MR) is 63.2 cm³/mol. The molecule has 0 aromatic carbocycles. The van der Waals surface area contributed by atoms with Gasteiger partial charge in [0, 0.05) is 6.04 Å². The summed E-state index contributed by atoms with van der Waals surface area (Å²) in [6.07, 6.45) is 3.41. The van der Waals surface area contributed by atoms with E-state index in [0.29, 0.717) is 12.0 Å². The van der Waals surface area contributed by atoms with Crippen molar-refractivity contribution in [3.05, 3.63) is 22.4 Å². The lowest BCUT2D eigenvalue weighted by atomic mass is 9.99. The van der Waals surface area contributed by atoms with Crippen LogP contribution in [0.2, 0.25) is 0 Å². The fraction of sp³-hybridized carbons (Fsp3) is 0.636. The minimum atomic E-state index is 0.454. The molecular weight excluding hydrogens is 192 g/mol. The number of rotatable bonds is 6. The van der Waals surface area contributed by atoms with Gasteiger partial charge in [0.05, 0.1) is 0 Å². The Morgan fingerprint density at radius 2 is 2.29 bits per heavy atom. The van der Waals surface area contributed by atoms with Crippen LogP contribution in [0.25, 0.3) is 0 Å². The van der Waals surface area contributed by atoms with E-state index in [0.717, 1.165) is 19.3 Å². The minimum Gasteiger partial charge on any atom is -0.271 e. The van der Waals surface area contributed by atoms with Crippen LogP contribution in [0.5, 0.6) is 0 Å². The van der Waals surface area contributed by atoms with Crippen LogP contribution in [0, 0.1) is 5.92 Å². The van der Waals surface area contributed by atoms with Crippen LogP contribution in [-0.4, -0.2) is 6.04 Å². The van der Waals surface area contributed by atoms with Crippen molar-refractivity contribution in [2.45, 2.75) is 39.2 Å². The first-order chi connectivity index (χ1) is 6.72. The summed E-state index contributed by atoms with van der Waals surface area (Å²) in [5, 5.41) is 4.34. The van der Waals surface area contributed by atoms with Crippen LogP contribution < -0.4 is 11.3 Å². The van der Waals surface area contributed by atoms with Gasteiger partial charge in [-0.25, -0.2) is 0 Å². The van der Waals surface area contributed by atoms with Crippen molar-refractivity contribution in [2.24, 2.45) is 11.8 Å². The van der Waals surface area contributed by atoms with Gasteiger partial charge >= 0.3 is 0 Å². The molecule has 0 aliphatic heterocycles. The number of nitrogens with two attached hydrogens (primary N) is 1. The first kappa shape index (κ1) is 11.7. The predicted octanol–water partition coefficient (Wildman–Crippen LogP) is 2.56. The van der Waals surface area contributed by atoms with Crippen LogP contribution in [0.15, 0.2) is 16.8 Å². The van der Waals surface area contributed by atoms with E-state index in [-0.39, 0.29) is 0 Å². The van der Waals surface area contributed by atoms with Gasteiger partial charge in [0.15, 0.2) is 0 Å². The average molecular weight is 212 g/mol. The zero-order chi connectivity index (χ0) is 10.4. The van der Waals surface area contributed by atoms with Crippen LogP contribution in [0.3, 0.4) is 0 Å². The highest BCUT2D eigenvalue weighted by molar-refractivity contribution is 7.07. The van der Waals surface area contributed by atoms with E-state index in [4.69, 9.17) is 5.84 Å². The molecule has 1 unspecified atom stereocenters. The fourth-order valence-electron chi connectivity index (χ4n) is 1.61. The van der Waals surface area contributed by atoms with Crippen LogP contribution >= 0.6 is 11.3 Å². The topological polar surface area (TPSA) is 38.0 Å². The highest BCUT2D eigenvalue weighted by Gasteiger charge is 2.08. The highest BCUT2D eigenvalue weighted by Crippen LogP contribution is 2.13. The van der Waals surface area contributed by atoms with E-state index in [9.17, 15) is 0 Å². The minimum absolute atomic E-state index is 0.454. The smallest absolute Gasteiger partial charge is 0.0216 e. The highest BCUT2D eigenvalue weighted by atomic mass is 32.1. The van der Waals surface area contributed by atoms with Crippen molar-refractivity contribution in [1.82, 2.24) is 5.43 Å². The summed E-state index contributed by atoms with van der Waals surface area (Å²) in [5.41, 5.74) is 4.33. The SMILES string of the molecule is CC(C)CC(CCc1ccsc1)NN. The molecule has 1 aromatic heterocycles. The Morgan fingerprint density at radius 3 is 2.79 bits per heavy atom. The van der Waals surface area contributed by atoms with Crippen molar-refractivity contribution >= 4 is 11.3 Å². The molecule has 1 atom stereocenters. The first-order valence-electron chi connectivity index (χ1n) is 5.19. The molecule has 0 spiro atoms. The van der Waals surface area contributed by atoms with Gasteiger partial charge in [0.25, 0.3) is 0 Å². The van der Waals surface area contributed by atoms with E-state index in [1.807, 2.05) is 0 Å². The molecule has 0 radical (unpaired) electrons. The Bertz CT molecular complexity index is 231. The van der Waals surface area contributed by atoms with Crippen molar-refractivity contribution in [3.8, 4) is 0 Å². The third kappa shape index (κ3) is 4.22. The molecule has 0 aliphatic carbocycles. The Morgan fingerprint density at radius 1 is 1.50 bits per heavy atom. The summed E-state index contributed by atoms with van der Waals surface area (Å²) in [4.78, 5) is 0. The normalized spacial score (nSPS) is 13.4. The molecule has 3 N–H and O–H groups in total. The maximum absolute atomic E-state index is 5.51. The maximum Gasteiger partial charge on any atom is 0.0216 e. The number of hydrogen-bond donors (Lipinski definition) is 2. The monoisotopic (exact) mass is 212 g/mol. The maximum atomic E-state index is 5.51. The fourth-order valence-corrected chi connectivity index (χ4v) is 2.32. The summed E-state index contributed by atoms with van der Waals surface area (Å²) >= 11 is 1.76. The Labute approximate surface area is 90.5 Å². The number of hydrogen-bond acceptors (Lipinski definition) is 3. The van der Waals surface area contributed by atoms with Gasteiger partial charge in [-0.3, -0.25) is 11.3 Å². The second kappa shape index (κ2) is 6.17. The summed E-state index contributed by atoms with van der Waals surface area (Å²) in [7, 11) is 0. The number of aryl methyl sites for hydroxylation is 1. The van der Waals surface area contributed by atoms with Gasteiger partial charge in [-0.05, 0) is 47.6 Å². The lowest BCUT2D eigenvalue weighted by molar-refractivity contribution is 0.405. The molecule has 80 valence electrons. The average Bonchev–Trinajstić information content (AvgIpc) is 2.64. The third-order valence-corrected chi connectivity index (χ3v) is 3.09. The molecule has 1 heterocycles. The molecule has 0 fully saturated rings. The molecule has 0 amide bonds. The van der Waals surface area contributed by atoms with Gasteiger partial charge in [-0.1, -0.05) is 13.8 Å².